The zero-order chi connectivity index (χ0) is 18.1. The van der Waals surface area contributed by atoms with Crippen molar-refractivity contribution in [2.45, 2.75) is 17.2 Å². The monoisotopic (exact) mass is 384 g/mol. The van der Waals surface area contributed by atoms with Crippen LogP contribution < -0.4 is 9.47 Å². The summed E-state index contributed by atoms with van der Waals surface area (Å²) < 4.78 is 11.0. The molecule has 0 bridgehead atoms. The standard InChI is InChI=1S/C19H22Cl2O4/c20-16(10-22)12-24-18-5-1-14(2-6-18)9-15-3-7-19(8-4-15)25-13-17(21)11-23/h1-8,16-17,22-23H,9-13H2/t16-,17+. The molecule has 0 unspecified atom stereocenters. The van der Waals surface area contributed by atoms with Crippen LogP contribution in [0.4, 0.5) is 0 Å². The molecule has 2 N–H and O–H groups in total. The summed E-state index contributed by atoms with van der Waals surface area (Å²) in [7, 11) is 0. The maximum atomic E-state index is 8.88. The quantitative estimate of drug-likeness (QED) is 0.617. The SMILES string of the molecule is OC[C@@H](Cl)COc1ccc(Cc2ccc(OC[C@@H](Cl)CO)cc2)cc1. The second-order valence-corrected chi connectivity index (χ2v) is 6.88. The Bertz CT molecular complexity index is 561. The van der Waals surface area contributed by atoms with Gasteiger partial charge in [-0.2, -0.15) is 0 Å². The third kappa shape index (κ3) is 7.12. The first kappa shape index (κ1) is 19.9. The van der Waals surface area contributed by atoms with Crippen LogP contribution in [-0.4, -0.2) is 47.4 Å². The zero-order valence-electron chi connectivity index (χ0n) is 13.8. The number of aliphatic hydroxyl groups excluding tert-OH is 2. The Balaban J connectivity index is 1.85. The highest BCUT2D eigenvalue weighted by molar-refractivity contribution is 6.21. The van der Waals surface area contributed by atoms with Gasteiger partial charge in [-0.25, -0.2) is 0 Å². The first-order valence-electron chi connectivity index (χ1n) is 8.04. The third-order valence-electron chi connectivity index (χ3n) is 3.51. The fraction of sp³-hybridized carbons (Fsp3) is 0.368. The Morgan fingerprint density at radius 2 is 1.04 bits per heavy atom. The molecule has 0 heterocycles. The van der Waals surface area contributed by atoms with E-state index < -0.39 is 10.8 Å². The smallest absolute Gasteiger partial charge is 0.119 e. The summed E-state index contributed by atoms with van der Waals surface area (Å²) in [6.07, 6.45) is 0.796. The van der Waals surface area contributed by atoms with E-state index >= 15 is 0 Å². The minimum Gasteiger partial charge on any atom is -0.492 e. The Morgan fingerprint density at radius 3 is 1.36 bits per heavy atom. The van der Waals surface area contributed by atoms with Crippen LogP contribution in [0.3, 0.4) is 0 Å². The van der Waals surface area contributed by atoms with Gasteiger partial charge in [0.2, 0.25) is 0 Å². The molecule has 0 spiro atoms. The van der Waals surface area contributed by atoms with E-state index in [9.17, 15) is 0 Å². The molecule has 0 fully saturated rings. The second kappa shape index (κ2) is 10.5. The fourth-order valence-corrected chi connectivity index (χ4v) is 2.25. The molecule has 2 rings (SSSR count). The summed E-state index contributed by atoms with van der Waals surface area (Å²) in [4.78, 5) is 0. The molecular formula is C19H22Cl2O4. The normalized spacial score (nSPS) is 13.3. The lowest BCUT2D eigenvalue weighted by Gasteiger charge is -2.11. The van der Waals surface area contributed by atoms with Gasteiger partial charge in [0.1, 0.15) is 24.7 Å². The van der Waals surface area contributed by atoms with Crippen molar-refractivity contribution in [3.8, 4) is 11.5 Å². The van der Waals surface area contributed by atoms with Gasteiger partial charge in [-0.05, 0) is 41.8 Å². The highest BCUT2D eigenvalue weighted by Gasteiger charge is 2.05. The van der Waals surface area contributed by atoms with Crippen molar-refractivity contribution in [1.82, 2.24) is 0 Å². The van der Waals surface area contributed by atoms with Crippen LogP contribution in [0.25, 0.3) is 0 Å². The summed E-state index contributed by atoms with van der Waals surface area (Å²) in [6.45, 7) is 0.340. The number of ether oxygens (including phenoxy) is 2. The van der Waals surface area contributed by atoms with Crippen molar-refractivity contribution >= 4 is 23.2 Å². The fourth-order valence-electron chi connectivity index (χ4n) is 2.12. The van der Waals surface area contributed by atoms with E-state index in [1.54, 1.807) is 0 Å². The van der Waals surface area contributed by atoms with E-state index in [0.29, 0.717) is 0 Å². The molecule has 0 aromatic heterocycles. The van der Waals surface area contributed by atoms with Crippen LogP contribution in [0.5, 0.6) is 11.5 Å². The van der Waals surface area contributed by atoms with E-state index in [4.69, 9.17) is 42.9 Å². The minimum absolute atomic E-state index is 0.106. The van der Waals surface area contributed by atoms with E-state index in [0.717, 1.165) is 29.0 Å². The third-order valence-corrected chi connectivity index (χ3v) is 4.04. The van der Waals surface area contributed by atoms with Crippen molar-refractivity contribution in [3.63, 3.8) is 0 Å². The predicted octanol–water partition coefficient (Wildman–Crippen LogP) is 3.23. The number of hydrogen-bond donors (Lipinski definition) is 2. The molecule has 0 aliphatic carbocycles. The predicted molar refractivity (Wildman–Crippen MR) is 100 cm³/mol. The van der Waals surface area contributed by atoms with Crippen molar-refractivity contribution in [2.24, 2.45) is 0 Å². The molecular weight excluding hydrogens is 363 g/mol. The molecule has 4 nitrogen and oxygen atoms in total. The van der Waals surface area contributed by atoms with Crippen molar-refractivity contribution in [1.29, 1.82) is 0 Å². The largest absolute Gasteiger partial charge is 0.492 e. The highest BCUT2D eigenvalue weighted by Crippen LogP contribution is 2.18. The summed E-state index contributed by atoms with van der Waals surface area (Å²) >= 11 is 11.6. The van der Waals surface area contributed by atoms with Gasteiger partial charge in [0.25, 0.3) is 0 Å². The van der Waals surface area contributed by atoms with Gasteiger partial charge >= 0.3 is 0 Å². The molecule has 2 aromatic rings. The second-order valence-electron chi connectivity index (χ2n) is 5.65. The number of hydrogen-bond acceptors (Lipinski definition) is 4. The minimum atomic E-state index is -0.396. The van der Waals surface area contributed by atoms with Gasteiger partial charge in [0.15, 0.2) is 0 Å². The van der Waals surface area contributed by atoms with Crippen LogP contribution in [0.15, 0.2) is 48.5 Å². The van der Waals surface area contributed by atoms with Gasteiger partial charge in [0.05, 0.1) is 24.0 Å². The molecule has 2 aromatic carbocycles. The number of halogens is 2. The lowest BCUT2D eigenvalue weighted by atomic mass is 10.0. The molecule has 0 saturated carbocycles. The lowest BCUT2D eigenvalue weighted by Crippen LogP contribution is -2.15. The Labute approximate surface area is 157 Å². The maximum absolute atomic E-state index is 8.88. The van der Waals surface area contributed by atoms with E-state index in [1.165, 1.54) is 0 Å². The molecule has 0 aliphatic rings. The molecule has 25 heavy (non-hydrogen) atoms. The van der Waals surface area contributed by atoms with E-state index in [-0.39, 0.29) is 26.4 Å². The van der Waals surface area contributed by atoms with Gasteiger partial charge in [-0.15, -0.1) is 23.2 Å². The number of benzene rings is 2. The molecule has 0 saturated heterocycles. The summed E-state index contributed by atoms with van der Waals surface area (Å²) in [5, 5.41) is 17.0. The molecule has 0 radical (unpaired) electrons. The van der Waals surface area contributed by atoms with Gasteiger partial charge in [0, 0.05) is 0 Å². The lowest BCUT2D eigenvalue weighted by molar-refractivity contribution is 0.237. The van der Waals surface area contributed by atoms with Crippen LogP contribution in [0.1, 0.15) is 11.1 Å². The van der Waals surface area contributed by atoms with E-state index in [2.05, 4.69) is 0 Å². The van der Waals surface area contributed by atoms with Crippen LogP contribution in [0, 0.1) is 0 Å². The zero-order valence-corrected chi connectivity index (χ0v) is 15.3. The van der Waals surface area contributed by atoms with E-state index in [1.807, 2.05) is 48.5 Å². The average Bonchev–Trinajstić information content (AvgIpc) is 2.66. The van der Waals surface area contributed by atoms with Crippen molar-refractivity contribution in [3.05, 3.63) is 59.7 Å². The van der Waals surface area contributed by atoms with Crippen LogP contribution in [-0.2, 0) is 6.42 Å². The van der Waals surface area contributed by atoms with Crippen molar-refractivity contribution < 1.29 is 19.7 Å². The maximum Gasteiger partial charge on any atom is 0.119 e. The first-order valence-corrected chi connectivity index (χ1v) is 8.91. The number of rotatable bonds is 10. The number of alkyl halides is 2. The van der Waals surface area contributed by atoms with Crippen LogP contribution in [0.2, 0.25) is 0 Å². The summed E-state index contributed by atoms with van der Waals surface area (Å²) in [5.74, 6) is 1.46. The van der Waals surface area contributed by atoms with Gasteiger partial charge in [-0.1, -0.05) is 24.3 Å². The molecule has 0 amide bonds. The topological polar surface area (TPSA) is 58.9 Å². The highest BCUT2D eigenvalue weighted by atomic mass is 35.5. The first-order chi connectivity index (χ1) is 12.1. The molecule has 0 aliphatic heterocycles. The van der Waals surface area contributed by atoms with Gasteiger partial charge < -0.3 is 19.7 Å². The van der Waals surface area contributed by atoms with Crippen molar-refractivity contribution in [2.75, 3.05) is 26.4 Å². The Morgan fingerprint density at radius 1 is 0.680 bits per heavy atom. The number of aliphatic hydroxyl groups is 2. The molecule has 136 valence electrons. The van der Waals surface area contributed by atoms with Gasteiger partial charge in [-0.3, -0.25) is 0 Å². The molecule has 6 heteroatoms. The Kier molecular flexibility index (Phi) is 8.35. The summed E-state index contributed by atoms with van der Waals surface area (Å²) in [5.41, 5.74) is 2.32. The Hall–Kier alpha value is -1.46. The summed E-state index contributed by atoms with van der Waals surface area (Å²) in [6, 6.07) is 15.6. The average molecular weight is 385 g/mol. The van der Waals surface area contributed by atoms with Crippen LogP contribution >= 0.6 is 23.2 Å². The molecule has 2 atom stereocenters.